The Morgan fingerprint density at radius 2 is 2.13 bits per heavy atom. The van der Waals surface area contributed by atoms with E-state index in [0.29, 0.717) is 11.1 Å². The molecule has 3 heteroatoms. The molecule has 0 aliphatic heterocycles. The molecule has 1 rings (SSSR count). The zero-order chi connectivity index (χ0) is 11.3. The molecule has 0 aliphatic carbocycles. The van der Waals surface area contributed by atoms with Gasteiger partial charge in [-0.3, -0.25) is 4.79 Å². The number of hydrogen-bond donors (Lipinski definition) is 1. The molecule has 0 saturated carbocycles. The average molecular weight is 200 g/mol. The van der Waals surface area contributed by atoms with Gasteiger partial charge in [0.05, 0.1) is 11.6 Å². The maximum atomic E-state index is 11.6. The first kappa shape index (κ1) is 11.0. The molecule has 0 aromatic heterocycles. The van der Waals surface area contributed by atoms with Crippen LogP contribution in [0.4, 0.5) is 0 Å². The Kier molecular flexibility index (Phi) is 3.64. The summed E-state index contributed by atoms with van der Waals surface area (Å²) >= 11 is 0. The second-order valence-electron chi connectivity index (χ2n) is 3.19. The highest BCUT2D eigenvalue weighted by atomic mass is 16.1. The van der Waals surface area contributed by atoms with Gasteiger partial charge >= 0.3 is 0 Å². The summed E-state index contributed by atoms with van der Waals surface area (Å²) in [6, 6.07) is 8.43. The number of benzene rings is 1. The standard InChI is InChI=1S/C12H12N2O/c1-3-9(2)14-12(15)11-6-4-10(8-13)5-7-11/h3-7,9H,1H2,2H3,(H,14,15). The third kappa shape index (κ3) is 2.96. The summed E-state index contributed by atoms with van der Waals surface area (Å²) in [4.78, 5) is 11.6. The summed E-state index contributed by atoms with van der Waals surface area (Å²) in [6.07, 6.45) is 1.65. The summed E-state index contributed by atoms with van der Waals surface area (Å²) < 4.78 is 0. The first-order chi connectivity index (χ1) is 7.17. The maximum absolute atomic E-state index is 11.6. The van der Waals surface area contributed by atoms with E-state index >= 15 is 0 Å². The van der Waals surface area contributed by atoms with Crippen molar-refractivity contribution in [3.63, 3.8) is 0 Å². The van der Waals surface area contributed by atoms with Gasteiger partial charge in [0.25, 0.3) is 5.91 Å². The third-order valence-electron chi connectivity index (χ3n) is 1.99. The fourth-order valence-corrected chi connectivity index (χ4v) is 1.05. The highest BCUT2D eigenvalue weighted by Gasteiger charge is 2.06. The highest BCUT2D eigenvalue weighted by molar-refractivity contribution is 5.94. The van der Waals surface area contributed by atoms with Crippen molar-refractivity contribution in [2.75, 3.05) is 0 Å². The second-order valence-corrected chi connectivity index (χ2v) is 3.19. The van der Waals surface area contributed by atoms with E-state index in [1.165, 1.54) is 0 Å². The lowest BCUT2D eigenvalue weighted by Crippen LogP contribution is -2.30. The number of carbonyl (C=O) groups excluding carboxylic acids is 1. The van der Waals surface area contributed by atoms with Gasteiger partial charge in [0, 0.05) is 11.6 Å². The molecule has 1 amide bonds. The summed E-state index contributed by atoms with van der Waals surface area (Å²) in [6.45, 7) is 5.42. The van der Waals surface area contributed by atoms with E-state index in [1.807, 2.05) is 13.0 Å². The van der Waals surface area contributed by atoms with Crippen LogP contribution in [0.2, 0.25) is 0 Å². The van der Waals surface area contributed by atoms with E-state index in [9.17, 15) is 4.79 Å². The van der Waals surface area contributed by atoms with Crippen molar-refractivity contribution in [2.45, 2.75) is 13.0 Å². The van der Waals surface area contributed by atoms with Crippen molar-refractivity contribution in [1.29, 1.82) is 5.26 Å². The van der Waals surface area contributed by atoms with E-state index in [2.05, 4.69) is 11.9 Å². The number of carbonyl (C=O) groups is 1. The van der Waals surface area contributed by atoms with Crippen LogP contribution in [0.25, 0.3) is 0 Å². The Morgan fingerprint density at radius 3 is 2.60 bits per heavy atom. The fraction of sp³-hybridized carbons (Fsp3) is 0.167. The monoisotopic (exact) mass is 200 g/mol. The second kappa shape index (κ2) is 4.97. The van der Waals surface area contributed by atoms with Gasteiger partial charge in [-0.25, -0.2) is 0 Å². The molecule has 1 unspecified atom stereocenters. The number of rotatable bonds is 3. The zero-order valence-electron chi connectivity index (χ0n) is 8.53. The van der Waals surface area contributed by atoms with Gasteiger partial charge in [-0.05, 0) is 31.2 Å². The van der Waals surface area contributed by atoms with Gasteiger partial charge in [-0.2, -0.15) is 5.26 Å². The van der Waals surface area contributed by atoms with E-state index in [1.54, 1.807) is 30.3 Å². The SMILES string of the molecule is C=CC(C)NC(=O)c1ccc(C#N)cc1. The minimum Gasteiger partial charge on any atom is -0.346 e. The van der Waals surface area contributed by atoms with Gasteiger partial charge in [-0.15, -0.1) is 6.58 Å². The Hall–Kier alpha value is -2.08. The van der Waals surface area contributed by atoms with E-state index in [-0.39, 0.29) is 11.9 Å². The van der Waals surface area contributed by atoms with Crippen molar-refractivity contribution in [3.05, 3.63) is 48.0 Å². The summed E-state index contributed by atoms with van der Waals surface area (Å²) in [7, 11) is 0. The topological polar surface area (TPSA) is 52.9 Å². The van der Waals surface area contributed by atoms with Crippen molar-refractivity contribution in [2.24, 2.45) is 0 Å². The van der Waals surface area contributed by atoms with Crippen molar-refractivity contribution in [3.8, 4) is 6.07 Å². The number of hydrogen-bond acceptors (Lipinski definition) is 2. The van der Waals surface area contributed by atoms with Crippen LogP contribution in [0, 0.1) is 11.3 Å². The molecule has 1 aromatic carbocycles. The highest BCUT2D eigenvalue weighted by Crippen LogP contribution is 2.03. The van der Waals surface area contributed by atoms with Crippen molar-refractivity contribution >= 4 is 5.91 Å². The molecular weight excluding hydrogens is 188 g/mol. The number of nitrogens with zero attached hydrogens (tertiary/aromatic N) is 1. The normalized spacial score (nSPS) is 11.2. The Labute approximate surface area is 89.0 Å². The lowest BCUT2D eigenvalue weighted by Gasteiger charge is -2.08. The van der Waals surface area contributed by atoms with Crippen molar-refractivity contribution < 1.29 is 4.79 Å². The quantitative estimate of drug-likeness (QED) is 0.757. The van der Waals surface area contributed by atoms with Crippen LogP contribution in [0.3, 0.4) is 0 Å². The molecule has 0 saturated heterocycles. The average Bonchev–Trinajstić information content (AvgIpc) is 2.29. The largest absolute Gasteiger partial charge is 0.346 e. The minimum absolute atomic E-state index is 0.0619. The van der Waals surface area contributed by atoms with Gasteiger partial charge < -0.3 is 5.32 Å². The lowest BCUT2D eigenvalue weighted by molar-refractivity contribution is 0.0947. The number of nitrogens with one attached hydrogen (secondary N) is 1. The number of nitriles is 1. The molecule has 0 aliphatic rings. The Balaban J connectivity index is 2.75. The van der Waals surface area contributed by atoms with E-state index < -0.39 is 0 Å². The minimum atomic E-state index is -0.160. The van der Waals surface area contributed by atoms with Crippen LogP contribution in [0.15, 0.2) is 36.9 Å². The third-order valence-corrected chi connectivity index (χ3v) is 1.99. The molecule has 0 spiro atoms. The number of amides is 1. The van der Waals surface area contributed by atoms with Gasteiger partial charge in [0.15, 0.2) is 0 Å². The van der Waals surface area contributed by atoms with E-state index in [0.717, 1.165) is 0 Å². The Morgan fingerprint density at radius 1 is 1.53 bits per heavy atom. The lowest BCUT2D eigenvalue weighted by atomic mass is 10.1. The molecule has 15 heavy (non-hydrogen) atoms. The molecular formula is C12H12N2O. The molecule has 0 radical (unpaired) electrons. The zero-order valence-corrected chi connectivity index (χ0v) is 8.53. The molecule has 1 aromatic rings. The van der Waals surface area contributed by atoms with Crippen LogP contribution in [0.1, 0.15) is 22.8 Å². The summed E-state index contributed by atoms with van der Waals surface area (Å²) in [5.41, 5.74) is 1.09. The molecule has 0 heterocycles. The first-order valence-corrected chi connectivity index (χ1v) is 4.61. The van der Waals surface area contributed by atoms with Crippen molar-refractivity contribution in [1.82, 2.24) is 5.32 Å². The molecule has 0 fully saturated rings. The molecule has 3 nitrogen and oxygen atoms in total. The van der Waals surface area contributed by atoms with Gasteiger partial charge in [0.2, 0.25) is 0 Å². The molecule has 0 bridgehead atoms. The molecule has 1 N–H and O–H groups in total. The van der Waals surface area contributed by atoms with Gasteiger partial charge in [-0.1, -0.05) is 6.08 Å². The fourth-order valence-electron chi connectivity index (χ4n) is 1.05. The molecule has 76 valence electrons. The summed E-state index contributed by atoms with van der Waals surface area (Å²) in [5, 5.41) is 11.3. The first-order valence-electron chi connectivity index (χ1n) is 4.61. The van der Waals surface area contributed by atoms with Crippen LogP contribution >= 0.6 is 0 Å². The molecule has 1 atom stereocenters. The maximum Gasteiger partial charge on any atom is 0.251 e. The van der Waals surface area contributed by atoms with Gasteiger partial charge in [0.1, 0.15) is 0 Å². The summed E-state index contributed by atoms with van der Waals surface area (Å²) in [5.74, 6) is -0.160. The predicted molar refractivity (Wildman–Crippen MR) is 58.3 cm³/mol. The predicted octanol–water partition coefficient (Wildman–Crippen LogP) is 1.86. The van der Waals surface area contributed by atoms with E-state index in [4.69, 9.17) is 5.26 Å². The van der Waals surface area contributed by atoms with Crippen LogP contribution in [-0.4, -0.2) is 11.9 Å². The Bertz CT molecular complexity index is 401. The van der Waals surface area contributed by atoms with Crippen LogP contribution in [0.5, 0.6) is 0 Å². The van der Waals surface area contributed by atoms with Crippen LogP contribution in [-0.2, 0) is 0 Å². The smallest absolute Gasteiger partial charge is 0.251 e. The van der Waals surface area contributed by atoms with Crippen LogP contribution < -0.4 is 5.32 Å².